The van der Waals surface area contributed by atoms with Gasteiger partial charge in [-0.3, -0.25) is 0 Å². The van der Waals surface area contributed by atoms with Crippen LogP contribution in [0, 0.1) is 0 Å². The Hall–Kier alpha value is -1.47. The number of nitrogens with zero attached hydrogens (tertiary/aromatic N) is 1. The van der Waals surface area contributed by atoms with E-state index < -0.39 is 11.9 Å². The van der Waals surface area contributed by atoms with Gasteiger partial charge in [0.25, 0.3) is 0 Å². The number of carbonyl (C=O) groups is 2. The molecule has 0 aliphatic heterocycles. The third kappa shape index (κ3) is 3.47. The first-order valence-corrected chi connectivity index (χ1v) is 8.20. The van der Waals surface area contributed by atoms with Crippen molar-refractivity contribution >= 4 is 54.7 Å². The van der Waals surface area contributed by atoms with E-state index in [-0.39, 0.29) is 24.5 Å². The van der Waals surface area contributed by atoms with Crippen molar-refractivity contribution in [2.75, 3.05) is 13.2 Å². The minimum atomic E-state index is -0.651. The minimum absolute atomic E-state index is 0.0455. The summed E-state index contributed by atoms with van der Waals surface area (Å²) < 4.78 is 11.5. The van der Waals surface area contributed by atoms with Crippen LogP contribution in [0.3, 0.4) is 0 Å². The molecular weight excluding hydrogens is 418 g/mol. The topological polar surface area (TPSA) is 65.5 Å². The van der Waals surface area contributed by atoms with Gasteiger partial charge in [-0.25, -0.2) is 14.6 Å². The largest absolute Gasteiger partial charge is 0.462 e. The molecule has 2 rings (SSSR count). The number of hydrogen-bond donors (Lipinski definition) is 0. The molecule has 1 heterocycles. The van der Waals surface area contributed by atoms with E-state index in [1.807, 2.05) is 12.1 Å². The molecule has 0 spiro atoms. The fourth-order valence-electron chi connectivity index (χ4n) is 1.93. The molecule has 5 nitrogen and oxygen atoms in total. The molecule has 0 aliphatic carbocycles. The summed E-state index contributed by atoms with van der Waals surface area (Å²) in [6, 6.07) is 5.21. The zero-order valence-electron chi connectivity index (χ0n) is 12.0. The van der Waals surface area contributed by atoms with Crippen LogP contribution in [0.25, 0.3) is 10.9 Å². The Morgan fingerprint density at radius 2 is 1.68 bits per heavy atom. The zero-order chi connectivity index (χ0) is 16.3. The molecule has 0 fully saturated rings. The molecule has 1 aromatic carbocycles. The second-order valence-electron chi connectivity index (χ2n) is 4.28. The molecule has 0 amide bonds. The summed E-state index contributed by atoms with van der Waals surface area (Å²) in [4.78, 5) is 28.5. The Labute approximate surface area is 144 Å². The van der Waals surface area contributed by atoms with E-state index in [2.05, 4.69) is 36.8 Å². The van der Waals surface area contributed by atoms with E-state index in [0.717, 1.165) is 4.47 Å². The molecule has 0 aliphatic rings. The lowest BCUT2D eigenvalue weighted by Gasteiger charge is -2.10. The van der Waals surface area contributed by atoms with Crippen molar-refractivity contribution in [1.29, 1.82) is 0 Å². The third-order valence-corrected chi connectivity index (χ3v) is 3.86. The van der Waals surface area contributed by atoms with Crippen LogP contribution < -0.4 is 0 Å². The number of benzene rings is 1. The first-order valence-electron chi connectivity index (χ1n) is 6.62. The molecule has 116 valence electrons. The Kier molecular flexibility index (Phi) is 5.52. The van der Waals surface area contributed by atoms with Crippen molar-refractivity contribution in [2.45, 2.75) is 13.8 Å². The number of pyridine rings is 1. The number of fused-ring (bicyclic) bond motifs is 1. The first-order chi connectivity index (χ1) is 10.5. The maximum atomic E-state index is 12.1. The highest BCUT2D eigenvalue weighted by molar-refractivity contribution is 9.11. The van der Waals surface area contributed by atoms with Crippen LogP contribution in [-0.4, -0.2) is 30.1 Å². The first kappa shape index (κ1) is 16.9. The highest BCUT2D eigenvalue weighted by atomic mass is 79.9. The van der Waals surface area contributed by atoms with Crippen molar-refractivity contribution in [3.05, 3.63) is 38.4 Å². The van der Waals surface area contributed by atoms with Gasteiger partial charge in [0.1, 0.15) is 0 Å². The minimum Gasteiger partial charge on any atom is -0.462 e. The van der Waals surface area contributed by atoms with Crippen LogP contribution in [0.15, 0.2) is 27.1 Å². The second kappa shape index (κ2) is 7.19. The summed E-state index contributed by atoms with van der Waals surface area (Å²) in [7, 11) is 0. The quantitative estimate of drug-likeness (QED) is 0.682. The second-order valence-corrected chi connectivity index (χ2v) is 6.05. The number of aromatic nitrogens is 1. The van der Waals surface area contributed by atoms with Gasteiger partial charge in [0.2, 0.25) is 0 Å². The average Bonchev–Trinajstić information content (AvgIpc) is 2.46. The summed E-state index contributed by atoms with van der Waals surface area (Å²) in [5.74, 6) is -1.25. The third-order valence-electron chi connectivity index (χ3n) is 2.80. The van der Waals surface area contributed by atoms with Gasteiger partial charge in [-0.15, -0.1) is 0 Å². The van der Waals surface area contributed by atoms with Gasteiger partial charge in [-0.05, 0) is 48.0 Å². The van der Waals surface area contributed by atoms with Crippen LogP contribution >= 0.6 is 31.9 Å². The monoisotopic (exact) mass is 429 g/mol. The summed E-state index contributed by atoms with van der Waals surface area (Å²) in [5, 5.41) is 0.706. The number of hydrogen-bond acceptors (Lipinski definition) is 5. The lowest BCUT2D eigenvalue weighted by molar-refractivity contribution is 0.0474. The Morgan fingerprint density at radius 1 is 1.05 bits per heavy atom. The van der Waals surface area contributed by atoms with Gasteiger partial charge in [-0.2, -0.15) is 0 Å². The summed E-state index contributed by atoms with van der Waals surface area (Å²) >= 11 is 6.78. The smallest absolute Gasteiger partial charge is 0.357 e. The van der Waals surface area contributed by atoms with Crippen LogP contribution in [0.1, 0.15) is 34.7 Å². The van der Waals surface area contributed by atoms with E-state index in [1.165, 1.54) is 0 Å². The number of halogens is 2. The Morgan fingerprint density at radius 3 is 2.32 bits per heavy atom. The highest BCUT2D eigenvalue weighted by Gasteiger charge is 2.23. The SMILES string of the molecule is CCOC(=O)c1cc2cc(Br)cc(Br)c2nc1C(=O)OCC. The molecule has 1 aromatic heterocycles. The Bertz CT molecular complexity index is 746. The van der Waals surface area contributed by atoms with E-state index >= 15 is 0 Å². The van der Waals surface area contributed by atoms with Crippen LogP contribution in [0.4, 0.5) is 0 Å². The van der Waals surface area contributed by atoms with Crippen molar-refractivity contribution < 1.29 is 19.1 Å². The van der Waals surface area contributed by atoms with Gasteiger partial charge in [0.05, 0.1) is 24.3 Å². The highest BCUT2D eigenvalue weighted by Crippen LogP contribution is 2.29. The average molecular weight is 431 g/mol. The predicted octanol–water partition coefficient (Wildman–Crippen LogP) is 4.11. The van der Waals surface area contributed by atoms with Gasteiger partial charge >= 0.3 is 11.9 Å². The maximum absolute atomic E-state index is 12.1. The molecule has 0 unspecified atom stereocenters. The number of carbonyl (C=O) groups excluding carboxylic acids is 2. The van der Waals surface area contributed by atoms with E-state index in [4.69, 9.17) is 9.47 Å². The molecule has 0 atom stereocenters. The molecule has 7 heteroatoms. The zero-order valence-corrected chi connectivity index (χ0v) is 15.2. The molecule has 2 aromatic rings. The van der Waals surface area contributed by atoms with Crippen LogP contribution in [-0.2, 0) is 9.47 Å². The maximum Gasteiger partial charge on any atom is 0.357 e. The number of rotatable bonds is 4. The fourth-order valence-corrected chi connectivity index (χ4v) is 3.28. The molecular formula is C15H13Br2NO4. The van der Waals surface area contributed by atoms with Crippen LogP contribution in [0.2, 0.25) is 0 Å². The van der Waals surface area contributed by atoms with Gasteiger partial charge < -0.3 is 9.47 Å². The molecule has 0 N–H and O–H groups in total. The summed E-state index contributed by atoms with van der Waals surface area (Å²) in [6.45, 7) is 3.79. The predicted molar refractivity (Wildman–Crippen MR) is 89.1 cm³/mol. The van der Waals surface area contributed by atoms with Gasteiger partial charge in [0, 0.05) is 14.3 Å². The number of ether oxygens (including phenoxy) is 2. The standard InChI is InChI=1S/C15H13Br2NO4/c1-3-21-14(19)10-6-8-5-9(16)7-11(17)12(8)18-13(10)15(20)22-4-2/h5-7H,3-4H2,1-2H3. The Balaban J connectivity index is 2.70. The van der Waals surface area contributed by atoms with E-state index in [0.29, 0.717) is 15.4 Å². The molecule has 22 heavy (non-hydrogen) atoms. The molecule has 0 saturated carbocycles. The molecule has 0 saturated heterocycles. The fraction of sp³-hybridized carbons (Fsp3) is 0.267. The van der Waals surface area contributed by atoms with Crippen molar-refractivity contribution in [3.63, 3.8) is 0 Å². The van der Waals surface area contributed by atoms with Gasteiger partial charge in [0.15, 0.2) is 5.69 Å². The van der Waals surface area contributed by atoms with Crippen molar-refractivity contribution in [3.8, 4) is 0 Å². The van der Waals surface area contributed by atoms with Crippen molar-refractivity contribution in [1.82, 2.24) is 4.98 Å². The molecule has 0 radical (unpaired) electrons. The van der Waals surface area contributed by atoms with Crippen LogP contribution in [0.5, 0.6) is 0 Å². The lowest BCUT2D eigenvalue weighted by atomic mass is 10.1. The summed E-state index contributed by atoms with van der Waals surface area (Å²) in [6.07, 6.45) is 0. The normalized spacial score (nSPS) is 10.5. The number of esters is 2. The van der Waals surface area contributed by atoms with Crippen molar-refractivity contribution in [2.24, 2.45) is 0 Å². The summed E-state index contributed by atoms with van der Waals surface area (Å²) in [5.41, 5.74) is 0.618. The van der Waals surface area contributed by atoms with Gasteiger partial charge in [-0.1, -0.05) is 15.9 Å². The van der Waals surface area contributed by atoms with E-state index in [1.54, 1.807) is 19.9 Å². The lowest BCUT2D eigenvalue weighted by Crippen LogP contribution is -2.16. The van der Waals surface area contributed by atoms with E-state index in [9.17, 15) is 9.59 Å². The molecule has 0 bridgehead atoms.